The Kier molecular flexibility index (Phi) is 8.52. The molecule has 0 fully saturated rings. The first kappa shape index (κ1) is 10.8. The summed E-state index contributed by atoms with van der Waals surface area (Å²) in [6.45, 7) is 5.89. The van der Waals surface area contributed by atoms with Gasteiger partial charge in [0.05, 0.1) is 4.58 Å². The molecule has 0 radical (unpaired) electrons. The number of hydrogen-bond acceptors (Lipinski definition) is 3. The van der Waals surface area contributed by atoms with Crippen molar-refractivity contribution in [1.82, 2.24) is 0 Å². The van der Waals surface area contributed by atoms with Gasteiger partial charge in [-0.25, -0.2) is 0 Å². The molecule has 3 heteroatoms. The van der Waals surface area contributed by atoms with Crippen molar-refractivity contribution in [2.45, 2.75) is 17.9 Å². The van der Waals surface area contributed by atoms with E-state index in [9.17, 15) is 0 Å². The molecule has 10 heavy (non-hydrogen) atoms. The zero-order chi connectivity index (χ0) is 7.82. The van der Waals surface area contributed by atoms with Crippen LogP contribution in [0, 0.1) is 0 Å². The van der Waals surface area contributed by atoms with Gasteiger partial charge >= 0.3 is 0 Å². The van der Waals surface area contributed by atoms with Gasteiger partial charge in [0.1, 0.15) is 0 Å². The summed E-state index contributed by atoms with van der Waals surface area (Å²) in [5.74, 6) is 1.06. The zero-order valence-corrected chi connectivity index (χ0v) is 8.95. The summed E-state index contributed by atoms with van der Waals surface area (Å²) in [6, 6.07) is 0. The lowest BCUT2D eigenvalue weighted by atomic mass is 10.6. The Morgan fingerprint density at radius 2 is 2.30 bits per heavy atom. The molecular weight excluding hydrogens is 180 g/mol. The van der Waals surface area contributed by atoms with E-state index in [1.807, 2.05) is 39.4 Å². The molecular formula is C7H14S3. The van der Waals surface area contributed by atoms with E-state index >= 15 is 0 Å². The third kappa shape index (κ3) is 5.57. The second kappa shape index (κ2) is 7.89. The molecule has 0 aliphatic carbocycles. The van der Waals surface area contributed by atoms with Crippen molar-refractivity contribution in [3.8, 4) is 0 Å². The van der Waals surface area contributed by atoms with Crippen molar-refractivity contribution in [2.75, 3.05) is 12.0 Å². The fourth-order valence-corrected chi connectivity index (χ4v) is 4.14. The summed E-state index contributed by atoms with van der Waals surface area (Å²) in [5, 5.41) is 0. The summed E-state index contributed by atoms with van der Waals surface area (Å²) < 4.78 is 0.755. The van der Waals surface area contributed by atoms with E-state index in [2.05, 4.69) is 19.8 Å². The van der Waals surface area contributed by atoms with Gasteiger partial charge in [0.25, 0.3) is 0 Å². The highest BCUT2D eigenvalue weighted by atomic mass is 33.1. The van der Waals surface area contributed by atoms with E-state index in [1.54, 1.807) is 0 Å². The molecule has 0 amide bonds. The number of rotatable bonds is 6. The van der Waals surface area contributed by atoms with E-state index in [0.717, 1.165) is 10.3 Å². The minimum atomic E-state index is 0.755. The molecule has 0 N–H and O–H groups in total. The molecule has 0 aliphatic rings. The van der Waals surface area contributed by atoms with Gasteiger partial charge in [-0.2, -0.15) is 11.8 Å². The van der Waals surface area contributed by atoms with Crippen LogP contribution in [0.25, 0.3) is 0 Å². The number of thioether (sulfide) groups is 1. The summed E-state index contributed by atoms with van der Waals surface area (Å²) in [6.07, 6.45) is 5.36. The van der Waals surface area contributed by atoms with Gasteiger partial charge in [-0.05, 0) is 12.7 Å². The van der Waals surface area contributed by atoms with E-state index < -0.39 is 0 Å². The standard InChI is InChI=1S/C7H14S3/c1-4-6-9-10-7(5-2)8-3/h4,7H,1,5-6H2,2-3H3. The number of hydrogen-bond donors (Lipinski definition) is 0. The molecule has 0 heterocycles. The second-order valence-corrected chi connectivity index (χ2v) is 5.70. The van der Waals surface area contributed by atoms with Crippen LogP contribution >= 0.6 is 33.3 Å². The van der Waals surface area contributed by atoms with Crippen molar-refractivity contribution in [1.29, 1.82) is 0 Å². The SMILES string of the molecule is C=CCSSC(CC)SC. The predicted molar refractivity (Wildman–Crippen MR) is 57.8 cm³/mol. The molecule has 0 spiro atoms. The highest BCUT2D eigenvalue weighted by Crippen LogP contribution is 2.34. The summed E-state index contributed by atoms with van der Waals surface area (Å²) in [4.78, 5) is 0. The highest BCUT2D eigenvalue weighted by Gasteiger charge is 2.02. The first-order valence-corrected chi connectivity index (χ1v) is 6.94. The van der Waals surface area contributed by atoms with Crippen LogP contribution in [0.1, 0.15) is 13.3 Å². The quantitative estimate of drug-likeness (QED) is 0.274. The lowest BCUT2D eigenvalue weighted by molar-refractivity contribution is 1.06. The molecule has 0 nitrogen and oxygen atoms in total. The van der Waals surface area contributed by atoms with Crippen LogP contribution in [0.4, 0.5) is 0 Å². The maximum absolute atomic E-state index is 3.67. The average Bonchev–Trinajstić information content (AvgIpc) is 1.99. The van der Waals surface area contributed by atoms with Gasteiger partial charge in [-0.15, -0.1) is 6.58 Å². The minimum Gasteiger partial charge on any atom is -0.150 e. The molecule has 0 bridgehead atoms. The molecule has 0 saturated carbocycles. The molecule has 1 unspecified atom stereocenters. The topological polar surface area (TPSA) is 0 Å². The Labute approximate surface area is 76.0 Å². The van der Waals surface area contributed by atoms with Gasteiger partial charge in [-0.3, -0.25) is 0 Å². The first-order valence-electron chi connectivity index (χ1n) is 3.27. The van der Waals surface area contributed by atoms with Gasteiger partial charge in [-0.1, -0.05) is 34.6 Å². The first-order chi connectivity index (χ1) is 4.85. The van der Waals surface area contributed by atoms with Crippen LogP contribution in [0.15, 0.2) is 12.7 Å². The van der Waals surface area contributed by atoms with Crippen molar-refractivity contribution in [2.24, 2.45) is 0 Å². The van der Waals surface area contributed by atoms with Crippen LogP contribution in [0.5, 0.6) is 0 Å². The van der Waals surface area contributed by atoms with Crippen LogP contribution < -0.4 is 0 Å². The molecule has 0 aliphatic heterocycles. The van der Waals surface area contributed by atoms with Crippen molar-refractivity contribution in [3.05, 3.63) is 12.7 Å². The monoisotopic (exact) mass is 194 g/mol. The fourth-order valence-electron chi connectivity index (χ4n) is 0.437. The summed E-state index contributed by atoms with van der Waals surface area (Å²) in [7, 11) is 3.84. The van der Waals surface area contributed by atoms with Gasteiger partial charge < -0.3 is 0 Å². The highest BCUT2D eigenvalue weighted by molar-refractivity contribution is 8.78. The Bertz CT molecular complexity index is 78.9. The Balaban J connectivity index is 3.16. The van der Waals surface area contributed by atoms with Gasteiger partial charge in [0.2, 0.25) is 0 Å². The van der Waals surface area contributed by atoms with E-state index in [0.29, 0.717) is 0 Å². The Hall–Kier alpha value is 0.790. The zero-order valence-electron chi connectivity index (χ0n) is 6.50. The molecule has 0 rings (SSSR count). The van der Waals surface area contributed by atoms with E-state index in [4.69, 9.17) is 0 Å². The largest absolute Gasteiger partial charge is 0.150 e. The Morgan fingerprint density at radius 3 is 2.70 bits per heavy atom. The lowest BCUT2D eigenvalue weighted by Gasteiger charge is -2.08. The summed E-state index contributed by atoms with van der Waals surface area (Å²) in [5.41, 5.74) is 0. The van der Waals surface area contributed by atoms with E-state index in [-0.39, 0.29) is 0 Å². The fraction of sp³-hybridized carbons (Fsp3) is 0.714. The van der Waals surface area contributed by atoms with Crippen LogP contribution in [-0.4, -0.2) is 16.6 Å². The third-order valence-corrected chi connectivity index (χ3v) is 5.62. The molecule has 0 aromatic carbocycles. The van der Waals surface area contributed by atoms with Crippen LogP contribution in [0.3, 0.4) is 0 Å². The molecule has 0 saturated heterocycles. The lowest BCUT2D eigenvalue weighted by Crippen LogP contribution is -1.89. The van der Waals surface area contributed by atoms with Crippen LogP contribution in [-0.2, 0) is 0 Å². The minimum absolute atomic E-state index is 0.755. The normalized spacial score (nSPS) is 13.0. The second-order valence-electron chi connectivity index (χ2n) is 1.74. The van der Waals surface area contributed by atoms with Crippen molar-refractivity contribution >= 4 is 33.3 Å². The Morgan fingerprint density at radius 1 is 1.60 bits per heavy atom. The third-order valence-electron chi connectivity index (χ3n) is 0.957. The molecule has 60 valence electrons. The smallest absolute Gasteiger partial charge is 0.0600 e. The van der Waals surface area contributed by atoms with E-state index in [1.165, 1.54) is 6.42 Å². The van der Waals surface area contributed by atoms with Crippen LogP contribution in [0.2, 0.25) is 0 Å². The molecule has 1 atom stereocenters. The molecule has 0 aromatic heterocycles. The predicted octanol–water partition coefficient (Wildman–Crippen LogP) is 3.65. The average molecular weight is 194 g/mol. The van der Waals surface area contributed by atoms with Crippen molar-refractivity contribution < 1.29 is 0 Å². The van der Waals surface area contributed by atoms with Gasteiger partial charge in [0, 0.05) is 5.75 Å². The maximum atomic E-state index is 3.67. The molecule has 0 aromatic rings. The summed E-state index contributed by atoms with van der Waals surface area (Å²) >= 11 is 1.93. The maximum Gasteiger partial charge on any atom is 0.0600 e. The van der Waals surface area contributed by atoms with Crippen molar-refractivity contribution in [3.63, 3.8) is 0 Å². The van der Waals surface area contributed by atoms with Gasteiger partial charge in [0.15, 0.2) is 0 Å².